The Bertz CT molecular complexity index is 929. The topological polar surface area (TPSA) is 51.2 Å². The number of halogens is 2. The smallest absolute Gasteiger partial charge is 0.129 e. The average molecular weight is 496 g/mol. The van der Waals surface area contributed by atoms with E-state index >= 15 is 0 Å². The number of fused-ring (bicyclic) bond motifs is 1. The molecule has 0 saturated carbocycles. The molecule has 0 aromatic heterocycles. The van der Waals surface area contributed by atoms with Gasteiger partial charge in [-0.3, -0.25) is 0 Å². The first-order chi connectivity index (χ1) is 15.7. The SMILES string of the molecule is COc1cc(OC)c(CCN(C)CC[C@@]2(O)CCc3cc(F)ccc3[C@@H]2C(C)C)c(OC)c1.Cl. The summed E-state index contributed by atoms with van der Waals surface area (Å²) in [5, 5.41) is 11.7. The van der Waals surface area contributed by atoms with Crippen molar-refractivity contribution in [2.24, 2.45) is 5.92 Å². The van der Waals surface area contributed by atoms with Crippen molar-refractivity contribution >= 4 is 12.4 Å². The van der Waals surface area contributed by atoms with E-state index in [1.54, 1.807) is 27.4 Å². The van der Waals surface area contributed by atoms with E-state index in [1.807, 2.05) is 18.2 Å². The largest absolute Gasteiger partial charge is 0.496 e. The molecule has 2 aromatic rings. The first-order valence-electron chi connectivity index (χ1n) is 11.7. The fraction of sp³-hybridized carbons (Fsp3) is 0.556. The standard InChI is InChI=1S/C27H38FNO4.ClH/c1-18(2)26-22-8-7-20(28)15-19(22)9-11-27(26,30)12-14-29(3)13-10-23-24(32-5)16-21(31-4)17-25(23)33-6;/h7-8,15-18,26,30H,9-14H2,1-6H3;1H/t26-,27-;/m0./s1. The van der Waals surface area contributed by atoms with E-state index in [-0.39, 0.29) is 30.1 Å². The number of hydrogen-bond donors (Lipinski definition) is 1. The number of benzene rings is 2. The molecule has 2 aromatic carbocycles. The lowest BCUT2D eigenvalue weighted by Crippen LogP contribution is -2.45. The Morgan fingerprint density at radius 1 is 1.06 bits per heavy atom. The Labute approximate surface area is 209 Å². The molecule has 0 spiro atoms. The summed E-state index contributed by atoms with van der Waals surface area (Å²) < 4.78 is 30.2. The first-order valence-corrected chi connectivity index (χ1v) is 11.7. The molecule has 0 bridgehead atoms. The van der Waals surface area contributed by atoms with E-state index in [0.717, 1.165) is 47.7 Å². The zero-order valence-corrected chi connectivity index (χ0v) is 22.0. The van der Waals surface area contributed by atoms with Gasteiger partial charge in [-0.1, -0.05) is 19.9 Å². The van der Waals surface area contributed by atoms with E-state index in [9.17, 15) is 9.50 Å². The number of nitrogens with zero attached hydrogens (tertiary/aromatic N) is 1. The molecule has 0 aliphatic heterocycles. The third-order valence-corrected chi connectivity index (χ3v) is 7.00. The van der Waals surface area contributed by atoms with E-state index in [0.29, 0.717) is 25.0 Å². The van der Waals surface area contributed by atoms with Gasteiger partial charge in [-0.15, -0.1) is 12.4 Å². The zero-order chi connectivity index (χ0) is 24.2. The summed E-state index contributed by atoms with van der Waals surface area (Å²) in [6.45, 7) is 5.83. The summed E-state index contributed by atoms with van der Waals surface area (Å²) >= 11 is 0. The molecule has 34 heavy (non-hydrogen) atoms. The maximum atomic E-state index is 13.8. The molecule has 1 aliphatic rings. The highest BCUT2D eigenvalue weighted by Crippen LogP contribution is 2.45. The Hall–Kier alpha value is -2.02. The van der Waals surface area contributed by atoms with Crippen molar-refractivity contribution in [2.45, 2.75) is 51.0 Å². The molecule has 190 valence electrons. The van der Waals surface area contributed by atoms with Crippen molar-refractivity contribution in [1.82, 2.24) is 4.90 Å². The number of rotatable bonds is 10. The van der Waals surface area contributed by atoms with Gasteiger partial charge in [0.25, 0.3) is 0 Å². The Morgan fingerprint density at radius 2 is 1.71 bits per heavy atom. The predicted octanol–water partition coefficient (Wildman–Crippen LogP) is 5.25. The lowest BCUT2D eigenvalue weighted by Gasteiger charge is -2.44. The van der Waals surface area contributed by atoms with Crippen molar-refractivity contribution in [3.05, 3.63) is 52.8 Å². The number of hydrogen-bond acceptors (Lipinski definition) is 5. The second-order valence-corrected chi connectivity index (χ2v) is 9.48. The van der Waals surface area contributed by atoms with E-state index in [1.165, 1.54) is 6.07 Å². The van der Waals surface area contributed by atoms with Gasteiger partial charge in [0.2, 0.25) is 0 Å². The van der Waals surface area contributed by atoms with Crippen LogP contribution in [0.1, 0.15) is 49.3 Å². The molecule has 0 radical (unpaired) electrons. The van der Waals surface area contributed by atoms with Gasteiger partial charge in [0.1, 0.15) is 23.1 Å². The number of ether oxygens (including phenoxy) is 3. The Kier molecular flexibility index (Phi) is 10.0. The van der Waals surface area contributed by atoms with E-state index in [4.69, 9.17) is 14.2 Å². The van der Waals surface area contributed by atoms with Crippen LogP contribution in [-0.4, -0.2) is 57.1 Å². The molecular weight excluding hydrogens is 457 g/mol. The lowest BCUT2D eigenvalue weighted by molar-refractivity contribution is -0.0300. The van der Waals surface area contributed by atoms with Gasteiger partial charge in [0.05, 0.1) is 26.9 Å². The van der Waals surface area contributed by atoms with Crippen LogP contribution in [0.5, 0.6) is 17.2 Å². The second-order valence-electron chi connectivity index (χ2n) is 9.48. The van der Waals surface area contributed by atoms with Crippen molar-refractivity contribution in [1.29, 1.82) is 0 Å². The fourth-order valence-electron chi connectivity index (χ4n) is 5.27. The van der Waals surface area contributed by atoms with E-state index < -0.39 is 5.60 Å². The summed E-state index contributed by atoms with van der Waals surface area (Å²) in [7, 11) is 6.99. The second kappa shape index (κ2) is 12.1. The van der Waals surface area contributed by atoms with Crippen LogP contribution in [0.15, 0.2) is 30.3 Å². The number of aryl methyl sites for hydroxylation is 1. The summed E-state index contributed by atoms with van der Waals surface area (Å²) in [5.74, 6) is 2.24. The maximum Gasteiger partial charge on any atom is 0.129 e. The molecule has 0 unspecified atom stereocenters. The molecule has 0 amide bonds. The van der Waals surface area contributed by atoms with Crippen molar-refractivity contribution in [2.75, 3.05) is 41.5 Å². The van der Waals surface area contributed by atoms with Crippen LogP contribution in [-0.2, 0) is 12.8 Å². The highest BCUT2D eigenvalue weighted by atomic mass is 35.5. The minimum Gasteiger partial charge on any atom is -0.496 e. The van der Waals surface area contributed by atoms with E-state index in [2.05, 4.69) is 25.8 Å². The van der Waals surface area contributed by atoms with Gasteiger partial charge in [-0.25, -0.2) is 4.39 Å². The third-order valence-electron chi connectivity index (χ3n) is 7.00. The zero-order valence-electron chi connectivity index (χ0n) is 21.2. The van der Waals surface area contributed by atoms with Crippen molar-refractivity contribution in [3.8, 4) is 17.2 Å². The molecule has 0 heterocycles. The molecule has 0 fully saturated rings. The fourth-order valence-corrected chi connectivity index (χ4v) is 5.27. The minimum atomic E-state index is -0.803. The van der Waals surface area contributed by atoms with Crippen molar-refractivity contribution in [3.63, 3.8) is 0 Å². The normalized spacial score (nSPS) is 19.5. The van der Waals surface area contributed by atoms with Gasteiger partial charge in [-0.2, -0.15) is 0 Å². The van der Waals surface area contributed by atoms with Gasteiger partial charge < -0.3 is 24.2 Å². The molecule has 7 heteroatoms. The molecule has 1 aliphatic carbocycles. The predicted molar refractivity (Wildman–Crippen MR) is 136 cm³/mol. The number of likely N-dealkylation sites (N-methyl/N-ethyl adjacent to an activating group) is 1. The van der Waals surface area contributed by atoms with Crippen LogP contribution >= 0.6 is 12.4 Å². The highest BCUT2D eigenvalue weighted by molar-refractivity contribution is 5.85. The summed E-state index contributed by atoms with van der Waals surface area (Å²) in [5.41, 5.74) is 2.32. The van der Waals surface area contributed by atoms with Gasteiger partial charge >= 0.3 is 0 Å². The Balaban J connectivity index is 0.00000408. The van der Waals surface area contributed by atoms with Gasteiger partial charge in [-0.05, 0) is 61.9 Å². The molecule has 3 rings (SSSR count). The first kappa shape index (κ1) is 28.2. The molecule has 0 saturated heterocycles. The summed E-state index contributed by atoms with van der Waals surface area (Å²) in [6, 6.07) is 8.76. The van der Waals surface area contributed by atoms with Crippen LogP contribution in [0.3, 0.4) is 0 Å². The van der Waals surface area contributed by atoms with Crippen LogP contribution in [0.25, 0.3) is 0 Å². The molecule has 1 N–H and O–H groups in total. The van der Waals surface area contributed by atoms with Crippen LogP contribution in [0.2, 0.25) is 0 Å². The lowest BCUT2D eigenvalue weighted by atomic mass is 9.66. The third kappa shape index (κ3) is 6.15. The molecule has 5 nitrogen and oxygen atoms in total. The van der Waals surface area contributed by atoms with Crippen LogP contribution in [0, 0.1) is 11.7 Å². The molecule has 2 atom stereocenters. The van der Waals surface area contributed by atoms with Crippen molar-refractivity contribution < 1.29 is 23.7 Å². The Morgan fingerprint density at radius 3 is 2.26 bits per heavy atom. The highest BCUT2D eigenvalue weighted by Gasteiger charge is 2.43. The quantitative estimate of drug-likeness (QED) is 0.487. The minimum absolute atomic E-state index is 0. The average Bonchev–Trinajstić information content (AvgIpc) is 2.80. The maximum absolute atomic E-state index is 13.8. The number of aliphatic hydroxyl groups is 1. The summed E-state index contributed by atoms with van der Waals surface area (Å²) in [4.78, 5) is 2.23. The number of methoxy groups -OCH3 is 3. The van der Waals surface area contributed by atoms with Gasteiger partial charge in [0, 0.05) is 36.7 Å². The van der Waals surface area contributed by atoms with Crippen LogP contribution < -0.4 is 14.2 Å². The molecular formula is C27H39ClFNO4. The monoisotopic (exact) mass is 495 g/mol. The van der Waals surface area contributed by atoms with Gasteiger partial charge in [0.15, 0.2) is 0 Å². The summed E-state index contributed by atoms with van der Waals surface area (Å²) in [6.07, 6.45) is 2.78. The van der Waals surface area contributed by atoms with Crippen LogP contribution in [0.4, 0.5) is 4.39 Å².